The van der Waals surface area contributed by atoms with Crippen LogP contribution in [-0.2, 0) is 21.7 Å². The van der Waals surface area contributed by atoms with Gasteiger partial charge in [0.2, 0.25) is 0 Å². The average Bonchev–Trinajstić information content (AvgIpc) is 1.13. The first kappa shape index (κ1) is 56.5. The highest BCUT2D eigenvalue weighted by molar-refractivity contribution is 6.16. The lowest BCUT2D eigenvalue weighted by atomic mass is 9.74. The van der Waals surface area contributed by atoms with Crippen molar-refractivity contribution in [3.63, 3.8) is 0 Å². The molecule has 0 saturated heterocycles. The number of hydrogen-bond acceptors (Lipinski definition) is 3. The van der Waals surface area contributed by atoms with Gasteiger partial charge in [-0.05, 0) is 190 Å². The van der Waals surface area contributed by atoms with Crippen LogP contribution in [0, 0.1) is 0 Å². The van der Waals surface area contributed by atoms with Gasteiger partial charge in [-0.15, -0.1) is 0 Å². The minimum absolute atomic E-state index is 0.00794. The van der Waals surface area contributed by atoms with Crippen LogP contribution in [0.1, 0.15) is 139 Å². The van der Waals surface area contributed by atoms with Gasteiger partial charge < -0.3 is 23.4 Å². The summed E-state index contributed by atoms with van der Waals surface area (Å²) in [5.74, 6) is -0.365. The second kappa shape index (κ2) is 23.8. The van der Waals surface area contributed by atoms with Gasteiger partial charge in [-0.1, -0.05) is 289 Å². The molecule has 3 aromatic heterocycles. The van der Waals surface area contributed by atoms with Crippen LogP contribution in [-0.4, -0.2) is 9.13 Å². The van der Waals surface area contributed by atoms with E-state index in [-0.39, 0.29) is 49.4 Å². The Morgan fingerprint density at radius 2 is 0.698 bits per heavy atom. The molecule has 106 heavy (non-hydrogen) atoms. The molecule has 0 fully saturated rings. The highest BCUT2D eigenvalue weighted by atomic mass is 16.3. The maximum absolute atomic E-state index is 9.64. The number of benzene rings is 14. The highest BCUT2D eigenvalue weighted by Crippen LogP contribution is 2.63. The largest absolute Gasteiger partial charge is 0.452 e. The molecule has 0 spiro atoms. The molecule has 17 aromatic rings. The van der Waals surface area contributed by atoms with Crippen LogP contribution < -0.4 is 9.80 Å². The van der Waals surface area contributed by atoms with E-state index in [1.165, 1.54) is 22.3 Å². The van der Waals surface area contributed by atoms with E-state index in [4.69, 9.17) is 9.90 Å². The topological polar surface area (TPSA) is 29.5 Å². The Morgan fingerprint density at radius 3 is 1.20 bits per heavy atom. The molecule has 0 radical (unpaired) electrons. The van der Waals surface area contributed by atoms with E-state index in [9.17, 15) is 5.48 Å². The zero-order valence-corrected chi connectivity index (χ0v) is 61.9. The van der Waals surface area contributed by atoms with E-state index in [2.05, 4.69) is 328 Å². The molecular weight excluding hydrogens is 1290 g/mol. The fraction of sp³-hybridized carbons (Fsp3) is 0.168. The van der Waals surface area contributed by atoms with Crippen LogP contribution in [0.4, 0.5) is 34.1 Å². The van der Waals surface area contributed by atoms with E-state index in [0.29, 0.717) is 22.2 Å². The number of hydrogen-bond donors (Lipinski definition) is 0. The monoisotopic (exact) mass is 1380 g/mol. The Bertz CT molecular complexity index is 6750. The van der Waals surface area contributed by atoms with Gasteiger partial charge in [-0.2, -0.15) is 0 Å². The predicted molar refractivity (Wildman–Crippen MR) is 449 cm³/mol. The lowest BCUT2D eigenvalue weighted by Gasteiger charge is -2.45. The fourth-order valence-corrected chi connectivity index (χ4v) is 16.7. The molecule has 2 aliphatic rings. The second-order valence-corrected chi connectivity index (χ2v) is 33.2. The Balaban J connectivity index is 0.979. The van der Waals surface area contributed by atoms with E-state index in [1.807, 2.05) is 12.1 Å². The van der Waals surface area contributed by atoms with Crippen LogP contribution in [0.3, 0.4) is 0 Å². The lowest BCUT2D eigenvalue weighted by molar-refractivity contribution is 0.590. The summed E-state index contributed by atoms with van der Waals surface area (Å²) >= 11 is 0. The van der Waals surface area contributed by atoms with Crippen molar-refractivity contribution >= 4 is 99.7 Å². The van der Waals surface area contributed by atoms with Crippen molar-refractivity contribution in [2.45, 2.75) is 111 Å². The van der Waals surface area contributed by atoms with Crippen molar-refractivity contribution in [2.75, 3.05) is 9.80 Å². The normalized spacial score (nSPS) is 15.0. The maximum atomic E-state index is 9.64. The third-order valence-electron chi connectivity index (χ3n) is 22.3. The van der Waals surface area contributed by atoms with Crippen LogP contribution in [0.2, 0.25) is 0 Å². The summed E-state index contributed by atoms with van der Waals surface area (Å²) in [5.41, 5.74) is 26.0. The van der Waals surface area contributed by atoms with Gasteiger partial charge in [0.25, 0.3) is 0 Å². The average molecular weight is 1380 g/mol. The molecule has 5 heterocycles. The number of para-hydroxylation sites is 4. The van der Waals surface area contributed by atoms with Crippen molar-refractivity contribution in [2.24, 2.45) is 0 Å². The second-order valence-electron chi connectivity index (χ2n) is 33.2. The predicted octanol–water partition coefficient (Wildman–Crippen LogP) is 28.4. The molecule has 0 bridgehead atoms. The number of anilines is 6. The van der Waals surface area contributed by atoms with Crippen LogP contribution in [0.5, 0.6) is 0 Å². The summed E-state index contributed by atoms with van der Waals surface area (Å²) < 4.78 is 86.0. The minimum atomic E-state index is -0.510. The molecule has 0 saturated carbocycles. The first-order valence-electron chi connectivity index (χ1n) is 41.0. The molecule has 516 valence electrons. The molecule has 0 amide bonds. The summed E-state index contributed by atoms with van der Waals surface area (Å²) in [7, 11) is 0. The van der Waals surface area contributed by atoms with Gasteiger partial charge in [0.15, 0.2) is 11.2 Å². The van der Waals surface area contributed by atoms with E-state index in [1.54, 1.807) is 10.6 Å². The SMILES string of the molecule is [2H]c1c([2H])c([2H])c2c(c1[2H])c1c([2H])c([2H])c([2H])c([2H])c1n2-c1cccc2c1oc1c(N3c4cc(-c5cccc(C(C)(C)C)c5)ccc4C4c5ccc(-c6cccc(C(C)(C)C)c6)cc5N(c5cc(-c6ccccc6)cc(-c6ccccc6)c5)c5cc(-n6c7ccc(C(C)(C)C)cc7c7cc(C(C)(C)C)ccc76)cc3c54)cccc12. The molecule has 1 atom stereocenters. The Morgan fingerprint density at radius 1 is 0.274 bits per heavy atom. The van der Waals surface area contributed by atoms with Gasteiger partial charge in [-0.25, -0.2) is 0 Å². The van der Waals surface area contributed by atoms with Gasteiger partial charge in [0, 0.05) is 49.5 Å². The molecular formula is C101H86N4O. The van der Waals surface area contributed by atoms with E-state index < -0.39 is 48.3 Å². The summed E-state index contributed by atoms with van der Waals surface area (Å²) in [6.07, 6.45) is 0. The Hall–Kier alpha value is -11.9. The number of furan rings is 1. The van der Waals surface area contributed by atoms with Gasteiger partial charge in [0.1, 0.15) is 0 Å². The number of nitrogens with zero attached hydrogens (tertiary/aromatic N) is 4. The number of aromatic nitrogens is 2. The standard InChI is InChI=1S/C101H86N4O/c1-98(2,3)70-33-23-31-64(52-70)66-43-47-80-90(56-66)103(74-54-68(62-27-15-13-16-28-62)51-69(55-74)63-29-17-14-18-30-63)92-60-75(102-86-49-45-72(100(7,8)9)58-82(86)83-59-73(101(10,11)12)46-50-87(83)102)61-93-95(92)94(80)81-48-44-67(65-32-24-34-71(53-65)99(4,5)6)57-91(81)105(93)89-42-26-38-79-78-37-25-41-88(96(78)106-97(79)89)104-84-39-21-19-35-76(84)77-36-20-22-40-85(77)104/h13-61,94H,1-12H3/i19D,20D,21D,22D,35D,36D,39D,40D. The molecule has 5 heteroatoms. The molecule has 1 unspecified atom stereocenters. The zero-order valence-electron chi connectivity index (χ0n) is 69.9. The van der Waals surface area contributed by atoms with Crippen molar-refractivity contribution in [1.82, 2.24) is 9.13 Å². The molecule has 0 aliphatic carbocycles. The van der Waals surface area contributed by atoms with Gasteiger partial charge in [-0.3, -0.25) is 0 Å². The summed E-state index contributed by atoms with van der Waals surface area (Å²) in [5, 5.41) is 3.72. The molecule has 0 N–H and O–H groups in total. The lowest BCUT2D eigenvalue weighted by Crippen LogP contribution is -2.29. The maximum Gasteiger partial charge on any atom is 0.159 e. The van der Waals surface area contributed by atoms with Gasteiger partial charge >= 0.3 is 0 Å². The number of fused-ring (bicyclic) bond motifs is 13. The minimum Gasteiger partial charge on any atom is -0.452 e. The van der Waals surface area contributed by atoms with Crippen LogP contribution in [0.25, 0.3) is 121 Å². The zero-order chi connectivity index (χ0) is 79.4. The van der Waals surface area contributed by atoms with Gasteiger partial charge in [0.05, 0.1) is 72.8 Å². The van der Waals surface area contributed by atoms with Crippen LogP contribution in [0.15, 0.2) is 301 Å². The summed E-state index contributed by atoms with van der Waals surface area (Å²) in [6, 6.07) is 87.9. The van der Waals surface area contributed by atoms with Crippen molar-refractivity contribution < 1.29 is 15.4 Å². The first-order chi connectivity index (χ1) is 54.4. The molecule has 5 nitrogen and oxygen atoms in total. The Kier molecular flexibility index (Phi) is 12.7. The number of rotatable bonds is 8. The quantitative estimate of drug-likeness (QED) is 0.152. The highest BCUT2D eigenvalue weighted by Gasteiger charge is 2.43. The smallest absolute Gasteiger partial charge is 0.159 e. The van der Waals surface area contributed by atoms with Crippen LogP contribution >= 0.6 is 0 Å². The first-order valence-corrected chi connectivity index (χ1v) is 37.0. The third-order valence-corrected chi connectivity index (χ3v) is 22.3. The summed E-state index contributed by atoms with van der Waals surface area (Å²) in [6.45, 7) is 27.3. The van der Waals surface area contributed by atoms with Crippen molar-refractivity contribution in [1.29, 1.82) is 0 Å². The van der Waals surface area contributed by atoms with Crippen molar-refractivity contribution in [3.05, 3.63) is 336 Å². The van der Waals surface area contributed by atoms with E-state index >= 15 is 0 Å². The Labute approximate surface area is 633 Å². The van der Waals surface area contributed by atoms with Crippen molar-refractivity contribution in [3.8, 4) is 55.9 Å². The molecule has 2 aliphatic heterocycles. The summed E-state index contributed by atoms with van der Waals surface area (Å²) in [4.78, 5) is 4.98. The third kappa shape index (κ3) is 10.5. The fourth-order valence-electron chi connectivity index (χ4n) is 16.7. The molecule has 14 aromatic carbocycles. The molecule has 19 rings (SSSR count). The van der Waals surface area contributed by atoms with E-state index in [0.717, 1.165) is 128 Å².